The Morgan fingerprint density at radius 3 is 2.83 bits per heavy atom. The van der Waals surface area contributed by atoms with Crippen LogP contribution in [0.1, 0.15) is 64.1 Å². The molecule has 0 radical (unpaired) electrons. The first-order valence-electron chi connectivity index (χ1n) is 7.14. The van der Waals surface area contributed by atoms with E-state index in [0.717, 1.165) is 37.6 Å². The molecule has 0 saturated carbocycles. The summed E-state index contributed by atoms with van der Waals surface area (Å²) in [7, 11) is 0. The fraction of sp³-hybridized carbons (Fsp3) is 0.857. The van der Waals surface area contributed by atoms with Crippen molar-refractivity contribution in [1.82, 2.24) is 10.1 Å². The molecule has 0 aromatic carbocycles. The maximum Gasteiger partial charge on any atom is 0.226 e. The number of aromatic nitrogens is 2. The molecule has 0 N–H and O–H groups in total. The lowest BCUT2D eigenvalue weighted by Crippen LogP contribution is -2.08. The Balaban J connectivity index is 1.88. The van der Waals surface area contributed by atoms with E-state index in [2.05, 4.69) is 30.9 Å². The van der Waals surface area contributed by atoms with Crippen molar-refractivity contribution in [3.63, 3.8) is 0 Å². The van der Waals surface area contributed by atoms with E-state index in [1.54, 1.807) is 0 Å². The number of ether oxygens (including phenoxy) is 1. The molecule has 1 unspecified atom stereocenters. The Hall–Kier alpha value is -0.900. The van der Waals surface area contributed by atoms with Gasteiger partial charge in [-0.1, -0.05) is 25.9 Å². The van der Waals surface area contributed by atoms with Gasteiger partial charge in [0.2, 0.25) is 5.89 Å². The van der Waals surface area contributed by atoms with Gasteiger partial charge in [0.15, 0.2) is 5.82 Å². The lowest BCUT2D eigenvalue weighted by molar-refractivity contribution is 0.102. The molecule has 1 aliphatic heterocycles. The number of aryl methyl sites for hydroxylation is 1. The highest BCUT2D eigenvalue weighted by Gasteiger charge is 2.21. The molecule has 0 aliphatic carbocycles. The van der Waals surface area contributed by atoms with E-state index in [0.29, 0.717) is 17.9 Å². The first-order valence-corrected chi connectivity index (χ1v) is 7.14. The van der Waals surface area contributed by atoms with Gasteiger partial charge in [0.05, 0.1) is 6.10 Å². The Morgan fingerprint density at radius 1 is 1.39 bits per heavy atom. The van der Waals surface area contributed by atoms with Crippen LogP contribution < -0.4 is 0 Å². The quantitative estimate of drug-likeness (QED) is 0.779. The summed E-state index contributed by atoms with van der Waals surface area (Å²) in [5, 5.41) is 4.13. The second-order valence-corrected chi connectivity index (χ2v) is 5.48. The van der Waals surface area contributed by atoms with Gasteiger partial charge in [0, 0.05) is 18.9 Å². The zero-order valence-electron chi connectivity index (χ0n) is 11.7. The zero-order chi connectivity index (χ0) is 13.0. The van der Waals surface area contributed by atoms with Gasteiger partial charge in [0.1, 0.15) is 0 Å². The molecule has 0 amide bonds. The monoisotopic (exact) mass is 252 g/mol. The summed E-state index contributed by atoms with van der Waals surface area (Å²) in [4.78, 5) is 4.53. The van der Waals surface area contributed by atoms with E-state index in [-0.39, 0.29) is 0 Å². The molecule has 4 heteroatoms. The summed E-state index contributed by atoms with van der Waals surface area (Å²) < 4.78 is 10.9. The van der Waals surface area contributed by atoms with Crippen LogP contribution in [0.5, 0.6) is 0 Å². The van der Waals surface area contributed by atoms with Crippen LogP contribution in [0.3, 0.4) is 0 Å². The molecule has 1 aromatic rings. The molecule has 1 fully saturated rings. The lowest BCUT2D eigenvalue weighted by atomic mass is 9.93. The minimum absolute atomic E-state index is 0.396. The molecule has 1 aliphatic rings. The molecule has 2 rings (SSSR count). The van der Waals surface area contributed by atoms with Crippen LogP contribution in [-0.2, 0) is 11.2 Å². The van der Waals surface area contributed by atoms with Crippen LogP contribution in [0.25, 0.3) is 0 Å². The van der Waals surface area contributed by atoms with E-state index in [1.165, 1.54) is 12.8 Å². The smallest absolute Gasteiger partial charge is 0.226 e. The molecular weight excluding hydrogens is 228 g/mol. The van der Waals surface area contributed by atoms with Crippen molar-refractivity contribution in [3.8, 4) is 0 Å². The molecule has 1 aromatic heterocycles. The molecule has 0 bridgehead atoms. The Bertz CT molecular complexity index is 356. The summed E-state index contributed by atoms with van der Waals surface area (Å²) in [5.74, 6) is 2.60. The third kappa shape index (κ3) is 3.31. The van der Waals surface area contributed by atoms with Crippen molar-refractivity contribution in [2.24, 2.45) is 5.92 Å². The van der Waals surface area contributed by atoms with Crippen molar-refractivity contribution in [1.29, 1.82) is 0 Å². The van der Waals surface area contributed by atoms with Crippen molar-refractivity contribution in [3.05, 3.63) is 11.7 Å². The second-order valence-electron chi connectivity index (χ2n) is 5.48. The van der Waals surface area contributed by atoms with E-state index < -0.39 is 0 Å². The largest absolute Gasteiger partial charge is 0.378 e. The highest BCUT2D eigenvalue weighted by molar-refractivity contribution is 4.96. The average Bonchev–Trinajstić information content (AvgIpc) is 2.97. The van der Waals surface area contributed by atoms with Crippen molar-refractivity contribution >= 4 is 0 Å². The van der Waals surface area contributed by atoms with Crippen LogP contribution in [0.2, 0.25) is 0 Å². The minimum atomic E-state index is 0.396. The lowest BCUT2D eigenvalue weighted by Gasteiger charge is -2.13. The van der Waals surface area contributed by atoms with Gasteiger partial charge in [-0.3, -0.25) is 0 Å². The minimum Gasteiger partial charge on any atom is -0.378 e. The molecule has 1 saturated heterocycles. The van der Waals surface area contributed by atoms with Crippen LogP contribution in [-0.4, -0.2) is 22.9 Å². The van der Waals surface area contributed by atoms with Crippen molar-refractivity contribution in [2.75, 3.05) is 6.61 Å². The van der Waals surface area contributed by atoms with Crippen LogP contribution in [0.15, 0.2) is 4.52 Å². The van der Waals surface area contributed by atoms with E-state index in [9.17, 15) is 0 Å². The van der Waals surface area contributed by atoms with Crippen LogP contribution >= 0.6 is 0 Å². The van der Waals surface area contributed by atoms with Gasteiger partial charge in [-0.15, -0.1) is 0 Å². The maximum absolute atomic E-state index is 5.60. The fourth-order valence-electron chi connectivity index (χ4n) is 2.63. The Kier molecular flexibility index (Phi) is 4.75. The fourth-order valence-corrected chi connectivity index (χ4v) is 2.63. The third-order valence-electron chi connectivity index (χ3n) is 3.76. The number of nitrogens with zero attached hydrogens (tertiary/aromatic N) is 2. The average molecular weight is 252 g/mol. The molecule has 102 valence electrons. The molecule has 18 heavy (non-hydrogen) atoms. The van der Waals surface area contributed by atoms with Gasteiger partial charge in [-0.25, -0.2) is 0 Å². The number of hydrogen-bond donors (Lipinski definition) is 0. The number of rotatable bonds is 6. The van der Waals surface area contributed by atoms with Crippen molar-refractivity contribution < 1.29 is 9.26 Å². The van der Waals surface area contributed by atoms with Gasteiger partial charge < -0.3 is 9.26 Å². The summed E-state index contributed by atoms with van der Waals surface area (Å²) >= 11 is 0. The Labute approximate surface area is 109 Å². The van der Waals surface area contributed by atoms with Gasteiger partial charge in [-0.2, -0.15) is 4.98 Å². The summed E-state index contributed by atoms with van der Waals surface area (Å²) in [5.41, 5.74) is 0. The van der Waals surface area contributed by atoms with E-state index in [1.807, 2.05) is 0 Å². The van der Waals surface area contributed by atoms with Crippen LogP contribution in [0, 0.1) is 5.92 Å². The molecular formula is C14H24N2O2. The molecule has 2 heterocycles. The maximum atomic E-state index is 5.60. The topological polar surface area (TPSA) is 48.2 Å². The van der Waals surface area contributed by atoms with Gasteiger partial charge in [0.25, 0.3) is 0 Å². The highest BCUT2D eigenvalue weighted by Crippen LogP contribution is 2.25. The number of hydrogen-bond acceptors (Lipinski definition) is 4. The third-order valence-corrected chi connectivity index (χ3v) is 3.76. The Morgan fingerprint density at radius 2 is 2.22 bits per heavy atom. The molecule has 0 spiro atoms. The standard InChI is InChI=1S/C14H24N2O2/c1-4-12(10(2)3)14-15-13(18-16-14)8-7-11-6-5-9-17-11/h10-12H,4-9H2,1-3H3/t11-,12?/m0/s1. The highest BCUT2D eigenvalue weighted by atomic mass is 16.5. The first kappa shape index (κ1) is 13.5. The van der Waals surface area contributed by atoms with E-state index >= 15 is 0 Å². The predicted octanol–water partition coefficient (Wildman–Crippen LogP) is 3.33. The van der Waals surface area contributed by atoms with Crippen LogP contribution in [0.4, 0.5) is 0 Å². The van der Waals surface area contributed by atoms with Gasteiger partial charge in [-0.05, 0) is 31.6 Å². The summed E-state index contributed by atoms with van der Waals surface area (Å²) in [6.07, 6.45) is 5.65. The SMILES string of the molecule is CCC(c1noc(CC[C@@H]2CCCO2)n1)C(C)C. The van der Waals surface area contributed by atoms with Gasteiger partial charge >= 0.3 is 0 Å². The zero-order valence-corrected chi connectivity index (χ0v) is 11.7. The van der Waals surface area contributed by atoms with E-state index in [4.69, 9.17) is 9.26 Å². The molecule has 4 nitrogen and oxygen atoms in total. The second kappa shape index (κ2) is 6.32. The predicted molar refractivity (Wildman–Crippen MR) is 69.5 cm³/mol. The van der Waals surface area contributed by atoms with Crippen molar-refractivity contribution in [2.45, 2.75) is 64.9 Å². The molecule has 2 atom stereocenters. The summed E-state index contributed by atoms with van der Waals surface area (Å²) in [6.45, 7) is 7.49. The normalized spacial score (nSPS) is 21.7. The first-order chi connectivity index (χ1) is 8.70. The summed E-state index contributed by atoms with van der Waals surface area (Å²) in [6, 6.07) is 0.